The van der Waals surface area contributed by atoms with Gasteiger partial charge in [-0.2, -0.15) is 0 Å². The molecule has 0 fully saturated rings. The molecule has 0 spiro atoms. The number of rotatable bonds is 12. The molecular formula is C30H35Cl2N3O4S. The van der Waals surface area contributed by atoms with E-state index in [1.54, 1.807) is 49.4 Å². The lowest BCUT2D eigenvalue weighted by molar-refractivity contribution is -0.140. The Morgan fingerprint density at radius 2 is 1.55 bits per heavy atom. The molecule has 0 saturated heterocycles. The van der Waals surface area contributed by atoms with Crippen LogP contribution in [0.1, 0.15) is 30.5 Å². The Kier molecular flexibility index (Phi) is 11.0. The van der Waals surface area contributed by atoms with Crippen molar-refractivity contribution < 1.29 is 18.0 Å². The van der Waals surface area contributed by atoms with E-state index in [1.807, 2.05) is 44.2 Å². The first-order chi connectivity index (χ1) is 18.9. The fraction of sp³-hybridized carbons (Fsp3) is 0.333. The largest absolute Gasteiger partial charge is 0.354 e. The van der Waals surface area contributed by atoms with Gasteiger partial charge in [-0.3, -0.25) is 13.9 Å². The van der Waals surface area contributed by atoms with Crippen LogP contribution >= 0.6 is 23.2 Å². The maximum atomic E-state index is 14.1. The highest BCUT2D eigenvalue weighted by molar-refractivity contribution is 7.92. The average Bonchev–Trinajstić information content (AvgIpc) is 2.90. The van der Waals surface area contributed by atoms with Gasteiger partial charge in [-0.15, -0.1) is 0 Å². The second-order valence-electron chi connectivity index (χ2n) is 10.2. The second-order valence-corrected chi connectivity index (χ2v) is 12.9. The summed E-state index contributed by atoms with van der Waals surface area (Å²) in [5.74, 6) is -0.657. The number of benzene rings is 3. The molecule has 0 heterocycles. The van der Waals surface area contributed by atoms with Crippen molar-refractivity contribution in [3.05, 3.63) is 99.5 Å². The molecule has 0 radical (unpaired) electrons. The van der Waals surface area contributed by atoms with Crippen molar-refractivity contribution in [3.63, 3.8) is 0 Å². The van der Waals surface area contributed by atoms with Crippen molar-refractivity contribution in [2.24, 2.45) is 5.92 Å². The Hall–Kier alpha value is -3.07. The van der Waals surface area contributed by atoms with Crippen LogP contribution in [-0.2, 0) is 32.6 Å². The van der Waals surface area contributed by atoms with Crippen LogP contribution in [0.15, 0.2) is 72.8 Å². The molecule has 0 aliphatic rings. The molecule has 0 aromatic heterocycles. The summed E-state index contributed by atoms with van der Waals surface area (Å²) in [6.07, 6.45) is 1.30. The van der Waals surface area contributed by atoms with Crippen molar-refractivity contribution in [1.82, 2.24) is 10.2 Å². The Morgan fingerprint density at radius 3 is 2.15 bits per heavy atom. The van der Waals surface area contributed by atoms with Crippen LogP contribution < -0.4 is 9.62 Å². The maximum Gasteiger partial charge on any atom is 0.244 e. The zero-order valence-corrected chi connectivity index (χ0v) is 25.4. The minimum atomic E-state index is -3.83. The van der Waals surface area contributed by atoms with Gasteiger partial charge in [0.1, 0.15) is 12.6 Å². The van der Waals surface area contributed by atoms with E-state index in [9.17, 15) is 18.0 Å². The van der Waals surface area contributed by atoms with Gasteiger partial charge in [-0.05, 0) is 47.7 Å². The lowest BCUT2D eigenvalue weighted by atomic mass is 10.0. The van der Waals surface area contributed by atoms with E-state index in [0.717, 1.165) is 16.1 Å². The van der Waals surface area contributed by atoms with E-state index in [-0.39, 0.29) is 24.8 Å². The number of hydrogen-bond donors (Lipinski definition) is 1. The number of carbonyl (C=O) groups is 2. The third-order valence-electron chi connectivity index (χ3n) is 6.36. The molecule has 214 valence electrons. The van der Waals surface area contributed by atoms with Crippen molar-refractivity contribution in [3.8, 4) is 0 Å². The fourth-order valence-electron chi connectivity index (χ4n) is 4.25. The summed E-state index contributed by atoms with van der Waals surface area (Å²) < 4.78 is 26.9. The number of carbonyl (C=O) groups excluding carboxylic acids is 2. The van der Waals surface area contributed by atoms with Gasteiger partial charge in [0.2, 0.25) is 21.8 Å². The van der Waals surface area contributed by atoms with Gasteiger partial charge in [0.15, 0.2) is 0 Å². The zero-order valence-electron chi connectivity index (χ0n) is 23.1. The predicted molar refractivity (Wildman–Crippen MR) is 162 cm³/mol. The van der Waals surface area contributed by atoms with Gasteiger partial charge >= 0.3 is 0 Å². The van der Waals surface area contributed by atoms with Gasteiger partial charge in [0, 0.05) is 19.5 Å². The summed E-state index contributed by atoms with van der Waals surface area (Å²) in [4.78, 5) is 29.2. The fourth-order valence-corrected chi connectivity index (χ4v) is 5.48. The van der Waals surface area contributed by atoms with Crippen molar-refractivity contribution in [2.45, 2.75) is 39.8 Å². The van der Waals surface area contributed by atoms with Crippen LogP contribution in [0.25, 0.3) is 0 Å². The molecule has 0 bridgehead atoms. The summed E-state index contributed by atoms with van der Waals surface area (Å²) in [6.45, 7) is 5.72. The molecule has 0 aliphatic heterocycles. The average molecular weight is 605 g/mol. The molecule has 1 atom stereocenters. The first kappa shape index (κ1) is 31.5. The normalized spacial score (nSPS) is 12.2. The smallest absolute Gasteiger partial charge is 0.244 e. The molecule has 3 rings (SSSR count). The third kappa shape index (κ3) is 8.71. The molecule has 3 aromatic rings. The molecular weight excluding hydrogens is 569 g/mol. The standard InChI is InChI=1S/C30H35Cl2N3O4S/c1-21(2)18-33-30(37)28(17-23-11-6-5-7-12-23)34(19-24-14-15-25(31)26(32)16-24)29(36)20-35(40(4,38)39)27-13-9-8-10-22(27)3/h5-16,21,28H,17-20H2,1-4H3,(H,33,37)/t28-/m0/s1. The third-order valence-corrected chi connectivity index (χ3v) is 8.22. The minimum Gasteiger partial charge on any atom is -0.354 e. The van der Waals surface area contributed by atoms with E-state index >= 15 is 0 Å². The number of amides is 2. The summed E-state index contributed by atoms with van der Waals surface area (Å²) in [7, 11) is -3.83. The van der Waals surface area contributed by atoms with Crippen LogP contribution in [0.3, 0.4) is 0 Å². The monoisotopic (exact) mass is 603 g/mol. The van der Waals surface area contributed by atoms with Crippen LogP contribution in [0.2, 0.25) is 10.0 Å². The zero-order chi connectivity index (χ0) is 29.4. The Balaban J connectivity index is 2.07. The quantitative estimate of drug-likeness (QED) is 0.297. The number of nitrogens with one attached hydrogen (secondary N) is 1. The summed E-state index contributed by atoms with van der Waals surface area (Å²) >= 11 is 12.4. The van der Waals surface area contributed by atoms with Gasteiger partial charge < -0.3 is 10.2 Å². The number of nitrogens with zero attached hydrogens (tertiary/aromatic N) is 2. The van der Waals surface area contributed by atoms with E-state index < -0.39 is 28.5 Å². The topological polar surface area (TPSA) is 86.8 Å². The number of halogens is 2. The molecule has 3 aromatic carbocycles. The van der Waals surface area contributed by atoms with Crippen LogP contribution in [0, 0.1) is 12.8 Å². The van der Waals surface area contributed by atoms with Crippen molar-refractivity contribution >= 4 is 50.7 Å². The first-order valence-corrected chi connectivity index (χ1v) is 15.6. The Morgan fingerprint density at radius 1 is 0.900 bits per heavy atom. The highest BCUT2D eigenvalue weighted by Gasteiger charge is 2.33. The number of sulfonamides is 1. The Labute approximate surface area is 247 Å². The summed E-state index contributed by atoms with van der Waals surface area (Å²) in [5.41, 5.74) is 2.61. The molecule has 7 nitrogen and oxygen atoms in total. The van der Waals surface area contributed by atoms with Crippen molar-refractivity contribution in [1.29, 1.82) is 0 Å². The van der Waals surface area contributed by atoms with Gasteiger partial charge in [0.05, 0.1) is 22.0 Å². The molecule has 0 saturated carbocycles. The summed E-state index contributed by atoms with van der Waals surface area (Å²) in [6, 6.07) is 20.4. The highest BCUT2D eigenvalue weighted by atomic mass is 35.5. The van der Waals surface area contributed by atoms with E-state index in [0.29, 0.717) is 33.4 Å². The van der Waals surface area contributed by atoms with E-state index in [4.69, 9.17) is 23.2 Å². The molecule has 0 unspecified atom stereocenters. The van der Waals surface area contributed by atoms with Crippen LogP contribution in [-0.4, -0.2) is 50.5 Å². The van der Waals surface area contributed by atoms with Crippen LogP contribution in [0.4, 0.5) is 5.69 Å². The molecule has 10 heteroatoms. The predicted octanol–water partition coefficient (Wildman–Crippen LogP) is 5.48. The molecule has 1 N–H and O–H groups in total. The maximum absolute atomic E-state index is 14.1. The number of aryl methyl sites for hydroxylation is 1. The first-order valence-electron chi connectivity index (χ1n) is 12.9. The van der Waals surface area contributed by atoms with E-state index in [2.05, 4.69) is 5.32 Å². The molecule has 40 heavy (non-hydrogen) atoms. The lowest BCUT2D eigenvalue weighted by Crippen LogP contribution is -2.53. The Bertz CT molecular complexity index is 1430. The second kappa shape index (κ2) is 14.0. The van der Waals surface area contributed by atoms with E-state index in [1.165, 1.54) is 4.90 Å². The van der Waals surface area contributed by atoms with Crippen molar-refractivity contribution in [2.75, 3.05) is 23.7 Å². The number of para-hydroxylation sites is 1. The summed E-state index contributed by atoms with van der Waals surface area (Å²) in [5, 5.41) is 3.63. The van der Waals surface area contributed by atoms with Gasteiger partial charge in [-0.25, -0.2) is 8.42 Å². The van der Waals surface area contributed by atoms with Gasteiger partial charge in [-0.1, -0.05) is 91.6 Å². The number of hydrogen-bond acceptors (Lipinski definition) is 4. The SMILES string of the molecule is Cc1ccccc1N(CC(=O)N(Cc1ccc(Cl)c(Cl)c1)[C@@H](Cc1ccccc1)C(=O)NCC(C)C)S(C)(=O)=O. The lowest BCUT2D eigenvalue weighted by Gasteiger charge is -2.34. The molecule has 0 aliphatic carbocycles. The molecule has 2 amide bonds. The van der Waals surface area contributed by atoms with Crippen LogP contribution in [0.5, 0.6) is 0 Å². The number of anilines is 1. The minimum absolute atomic E-state index is 0.0215. The highest BCUT2D eigenvalue weighted by Crippen LogP contribution is 2.26. The van der Waals surface area contributed by atoms with Gasteiger partial charge in [0.25, 0.3) is 0 Å².